The van der Waals surface area contributed by atoms with E-state index in [2.05, 4.69) is 15.4 Å². The van der Waals surface area contributed by atoms with E-state index in [4.69, 9.17) is 4.74 Å². The average Bonchev–Trinajstić information content (AvgIpc) is 3.09. The molecule has 0 unspecified atom stereocenters. The highest BCUT2D eigenvalue weighted by atomic mass is 19.4. The molecule has 0 fully saturated rings. The Bertz CT molecular complexity index is 1200. The fraction of sp³-hybridized carbons (Fsp3) is 0.143. The lowest BCUT2D eigenvalue weighted by molar-refractivity contribution is -0.140. The van der Waals surface area contributed by atoms with Crippen molar-refractivity contribution in [3.05, 3.63) is 71.8 Å². The van der Waals surface area contributed by atoms with Crippen LogP contribution in [0.3, 0.4) is 0 Å². The number of nitrogens with one attached hydrogen (secondary N) is 1. The van der Waals surface area contributed by atoms with E-state index < -0.39 is 17.7 Å². The van der Waals surface area contributed by atoms with Crippen LogP contribution in [0.1, 0.15) is 11.4 Å². The Balaban J connectivity index is 1.91. The molecule has 0 atom stereocenters. The summed E-state index contributed by atoms with van der Waals surface area (Å²) in [7, 11) is 1.54. The number of aryl methyl sites for hydroxylation is 1. The maximum atomic E-state index is 13.8. The number of ether oxygens (including phenoxy) is 1. The summed E-state index contributed by atoms with van der Waals surface area (Å²) in [6.07, 6.45) is -4.72. The molecular weight excluding hydrogens is 400 g/mol. The number of fused-ring (bicyclic) bond motifs is 1. The summed E-state index contributed by atoms with van der Waals surface area (Å²) < 4.78 is 60.9. The van der Waals surface area contributed by atoms with Crippen molar-refractivity contribution in [2.75, 3.05) is 12.4 Å². The van der Waals surface area contributed by atoms with Crippen LogP contribution in [-0.2, 0) is 6.18 Å². The smallest absolute Gasteiger partial charge is 0.435 e. The molecule has 0 radical (unpaired) electrons. The van der Waals surface area contributed by atoms with Crippen molar-refractivity contribution < 1.29 is 22.3 Å². The van der Waals surface area contributed by atoms with E-state index in [1.165, 1.54) is 19.2 Å². The predicted octanol–water partition coefficient (Wildman–Crippen LogP) is 5.61. The van der Waals surface area contributed by atoms with Crippen LogP contribution < -0.4 is 10.1 Å². The first-order valence-corrected chi connectivity index (χ1v) is 8.91. The van der Waals surface area contributed by atoms with Gasteiger partial charge in [-0.05, 0) is 48.9 Å². The molecule has 0 aliphatic rings. The van der Waals surface area contributed by atoms with Gasteiger partial charge in [0.2, 0.25) is 0 Å². The van der Waals surface area contributed by atoms with Crippen molar-refractivity contribution in [2.24, 2.45) is 0 Å². The van der Waals surface area contributed by atoms with Crippen molar-refractivity contribution in [2.45, 2.75) is 13.1 Å². The second-order valence-electron chi connectivity index (χ2n) is 6.60. The van der Waals surface area contributed by atoms with Gasteiger partial charge >= 0.3 is 6.18 Å². The Morgan fingerprint density at radius 1 is 1.00 bits per heavy atom. The van der Waals surface area contributed by atoms with Gasteiger partial charge < -0.3 is 10.1 Å². The summed E-state index contributed by atoms with van der Waals surface area (Å²) in [6, 6.07) is 13.3. The van der Waals surface area contributed by atoms with Crippen LogP contribution in [0.25, 0.3) is 16.8 Å². The van der Waals surface area contributed by atoms with Gasteiger partial charge in [0.15, 0.2) is 11.3 Å². The number of benzene rings is 2. The zero-order valence-electron chi connectivity index (χ0n) is 16.0. The highest BCUT2D eigenvalue weighted by Crippen LogP contribution is 2.39. The highest BCUT2D eigenvalue weighted by molar-refractivity contribution is 5.82. The molecule has 0 aliphatic carbocycles. The quantitative estimate of drug-likeness (QED) is 0.439. The van der Waals surface area contributed by atoms with Crippen LogP contribution >= 0.6 is 0 Å². The zero-order valence-corrected chi connectivity index (χ0v) is 16.0. The van der Waals surface area contributed by atoms with E-state index in [9.17, 15) is 17.6 Å². The minimum atomic E-state index is -4.72. The van der Waals surface area contributed by atoms with Gasteiger partial charge in [-0.1, -0.05) is 12.1 Å². The van der Waals surface area contributed by atoms with Crippen LogP contribution in [0.4, 0.5) is 29.1 Å². The fourth-order valence-electron chi connectivity index (χ4n) is 3.13. The number of methoxy groups -OCH3 is 1. The van der Waals surface area contributed by atoms with E-state index >= 15 is 0 Å². The standard InChI is InChI=1S/C21H16F4N4O/c1-12-11-17(27-15-7-9-16(30-2)10-8-15)29-20(26-12)18(19(28-29)21(23,24)25)13-3-5-14(22)6-4-13/h3-11,27H,1-2H3. The van der Waals surface area contributed by atoms with Crippen LogP contribution in [0.15, 0.2) is 54.6 Å². The summed E-state index contributed by atoms with van der Waals surface area (Å²) in [4.78, 5) is 4.28. The van der Waals surface area contributed by atoms with Crippen molar-refractivity contribution >= 4 is 17.2 Å². The Morgan fingerprint density at radius 3 is 2.27 bits per heavy atom. The number of rotatable bonds is 4. The van der Waals surface area contributed by atoms with E-state index in [1.807, 2.05) is 0 Å². The van der Waals surface area contributed by atoms with Crippen molar-refractivity contribution in [1.82, 2.24) is 14.6 Å². The summed E-state index contributed by atoms with van der Waals surface area (Å²) in [6.45, 7) is 1.67. The topological polar surface area (TPSA) is 51.5 Å². The molecule has 4 rings (SSSR count). The number of alkyl halides is 3. The van der Waals surface area contributed by atoms with Crippen molar-refractivity contribution in [1.29, 1.82) is 0 Å². The molecule has 0 spiro atoms. The molecular formula is C21H16F4N4O. The third kappa shape index (κ3) is 3.66. The van der Waals surface area contributed by atoms with Gasteiger partial charge in [0.25, 0.3) is 0 Å². The summed E-state index contributed by atoms with van der Waals surface area (Å²) >= 11 is 0. The lowest BCUT2D eigenvalue weighted by Gasteiger charge is -2.10. The highest BCUT2D eigenvalue weighted by Gasteiger charge is 2.39. The van der Waals surface area contributed by atoms with Gasteiger partial charge in [0.05, 0.1) is 12.7 Å². The average molecular weight is 416 g/mol. The van der Waals surface area contributed by atoms with Gasteiger partial charge in [-0.2, -0.15) is 22.8 Å². The lowest BCUT2D eigenvalue weighted by Crippen LogP contribution is -2.08. The molecule has 0 saturated heterocycles. The SMILES string of the molecule is COc1ccc(Nc2cc(C)nc3c(-c4ccc(F)cc4)c(C(F)(F)F)nn23)cc1. The van der Waals surface area contributed by atoms with E-state index in [0.717, 1.165) is 16.6 Å². The molecule has 1 N–H and O–H groups in total. The third-order valence-electron chi connectivity index (χ3n) is 4.48. The normalized spacial score (nSPS) is 11.7. The Kier molecular flexibility index (Phi) is 4.81. The number of aromatic nitrogens is 3. The van der Waals surface area contributed by atoms with Crippen LogP contribution in [0.2, 0.25) is 0 Å². The Labute approximate surface area is 168 Å². The molecule has 0 aliphatic heterocycles. The molecule has 5 nitrogen and oxygen atoms in total. The second kappa shape index (κ2) is 7.33. The molecule has 2 aromatic heterocycles. The Hall–Kier alpha value is -3.62. The van der Waals surface area contributed by atoms with Gasteiger partial charge in [0, 0.05) is 17.4 Å². The molecule has 0 amide bonds. The minimum absolute atomic E-state index is 0.0185. The maximum absolute atomic E-state index is 13.8. The number of hydrogen-bond acceptors (Lipinski definition) is 4. The molecule has 30 heavy (non-hydrogen) atoms. The largest absolute Gasteiger partial charge is 0.497 e. The predicted molar refractivity (Wildman–Crippen MR) is 104 cm³/mol. The van der Waals surface area contributed by atoms with E-state index in [1.54, 1.807) is 37.3 Å². The van der Waals surface area contributed by atoms with Crippen LogP contribution in [-0.4, -0.2) is 21.7 Å². The number of nitrogens with zero attached hydrogens (tertiary/aromatic N) is 3. The molecule has 2 aromatic carbocycles. The molecule has 2 heterocycles. The maximum Gasteiger partial charge on any atom is 0.435 e. The lowest BCUT2D eigenvalue weighted by atomic mass is 10.1. The van der Waals surface area contributed by atoms with E-state index in [0.29, 0.717) is 22.9 Å². The number of hydrogen-bond donors (Lipinski definition) is 1. The third-order valence-corrected chi connectivity index (χ3v) is 4.48. The monoisotopic (exact) mass is 416 g/mol. The van der Waals surface area contributed by atoms with Crippen LogP contribution in [0, 0.1) is 12.7 Å². The number of halogens is 4. The second-order valence-corrected chi connectivity index (χ2v) is 6.60. The fourth-order valence-corrected chi connectivity index (χ4v) is 3.13. The van der Waals surface area contributed by atoms with Crippen molar-refractivity contribution in [3.8, 4) is 16.9 Å². The summed E-state index contributed by atoms with van der Waals surface area (Å²) in [5, 5.41) is 6.87. The number of anilines is 2. The molecule has 4 aromatic rings. The summed E-state index contributed by atoms with van der Waals surface area (Å²) in [5.74, 6) is 0.407. The van der Waals surface area contributed by atoms with Gasteiger partial charge in [-0.25, -0.2) is 9.37 Å². The molecule has 0 saturated carbocycles. The molecule has 0 bridgehead atoms. The van der Waals surface area contributed by atoms with Crippen molar-refractivity contribution in [3.63, 3.8) is 0 Å². The first-order valence-electron chi connectivity index (χ1n) is 8.91. The van der Waals surface area contributed by atoms with Gasteiger partial charge in [0.1, 0.15) is 17.4 Å². The molecule has 154 valence electrons. The first kappa shape index (κ1) is 19.7. The zero-order chi connectivity index (χ0) is 21.5. The van der Waals surface area contributed by atoms with E-state index in [-0.39, 0.29) is 16.8 Å². The van der Waals surface area contributed by atoms with Crippen LogP contribution in [0.5, 0.6) is 5.75 Å². The minimum Gasteiger partial charge on any atom is -0.497 e. The first-order chi connectivity index (χ1) is 14.3. The molecule has 9 heteroatoms. The Morgan fingerprint density at radius 2 is 1.67 bits per heavy atom. The van der Waals surface area contributed by atoms with Gasteiger partial charge in [-0.3, -0.25) is 0 Å². The summed E-state index contributed by atoms with van der Waals surface area (Å²) in [5.41, 5.74) is 0.0247. The van der Waals surface area contributed by atoms with Gasteiger partial charge in [-0.15, -0.1) is 0 Å².